The van der Waals surface area contributed by atoms with Crippen molar-refractivity contribution in [3.8, 4) is 0 Å². The molecule has 0 saturated carbocycles. The second-order valence-electron chi connectivity index (χ2n) is 19.4. The number of nitrogens with one attached hydrogen (secondary N) is 2. The molecular weight excluding hydrogens is 873 g/mol. The highest BCUT2D eigenvalue weighted by molar-refractivity contribution is 5.97. The Labute approximate surface area is 415 Å². The Morgan fingerprint density at radius 2 is 0.620 bits per heavy atom. The lowest BCUT2D eigenvalue weighted by Gasteiger charge is -2.39. The van der Waals surface area contributed by atoms with Gasteiger partial charge in [0.1, 0.15) is 6.42 Å². The van der Waals surface area contributed by atoms with Gasteiger partial charge in [0, 0.05) is 25.7 Å². The zero-order valence-electron chi connectivity index (χ0n) is 40.2. The molecule has 2 atom stereocenters. The average molecular weight is 931 g/mol. The van der Waals surface area contributed by atoms with Gasteiger partial charge >= 0.3 is 0 Å². The Balaban J connectivity index is 1.03. The fourth-order valence-electron chi connectivity index (χ4n) is 11.0. The lowest BCUT2D eigenvalue weighted by atomic mass is 9.76. The quantitative estimate of drug-likeness (QED) is 0.0726. The molecule has 0 aliphatic heterocycles. The molecule has 352 valence electrons. The first-order chi connectivity index (χ1) is 34.5. The number of rotatable bonds is 16. The highest BCUT2D eigenvalue weighted by Crippen LogP contribution is 2.40. The van der Waals surface area contributed by atoms with Crippen molar-refractivity contribution in [2.75, 3.05) is 0 Å². The van der Waals surface area contributed by atoms with E-state index in [2.05, 4.69) is 83.4 Å². The molecule has 10 aromatic rings. The first-order valence-corrected chi connectivity index (χ1v) is 24.6. The minimum Gasteiger partial charge on any atom is -0.387 e. The first kappa shape index (κ1) is 46.8. The number of fused-ring (bicyclic) bond motifs is 4. The Kier molecular flexibility index (Phi) is 13.3. The van der Waals surface area contributed by atoms with Gasteiger partial charge < -0.3 is 20.8 Å². The largest absolute Gasteiger partial charge is 0.387 e. The molecule has 71 heavy (non-hydrogen) atoms. The van der Waals surface area contributed by atoms with Crippen LogP contribution in [0.5, 0.6) is 0 Å². The number of hydrogen-bond acceptors (Lipinski definition) is 4. The van der Waals surface area contributed by atoms with Gasteiger partial charge in [0.15, 0.2) is 0 Å². The molecule has 0 unspecified atom stereocenters. The highest BCUT2D eigenvalue weighted by Gasteiger charge is 2.43. The summed E-state index contributed by atoms with van der Waals surface area (Å²) in [4.78, 5) is 29.8. The van der Waals surface area contributed by atoms with Crippen LogP contribution in [-0.4, -0.2) is 33.2 Å². The highest BCUT2D eigenvalue weighted by atomic mass is 16.3. The van der Waals surface area contributed by atoms with Crippen LogP contribution in [0, 0.1) is 13.8 Å². The van der Waals surface area contributed by atoms with Crippen molar-refractivity contribution in [1.82, 2.24) is 10.6 Å². The van der Waals surface area contributed by atoms with Gasteiger partial charge in [0.25, 0.3) is 0 Å². The fourth-order valence-corrected chi connectivity index (χ4v) is 11.0. The van der Waals surface area contributed by atoms with E-state index in [9.17, 15) is 19.8 Å². The Bertz CT molecular complexity index is 3140. The van der Waals surface area contributed by atoms with Gasteiger partial charge in [0.05, 0.1) is 23.3 Å². The van der Waals surface area contributed by atoms with Crippen LogP contribution in [-0.2, 0) is 35.3 Å². The van der Waals surface area contributed by atoms with E-state index in [1.54, 1.807) is 0 Å². The molecule has 0 radical (unpaired) electrons. The lowest BCUT2D eigenvalue weighted by Crippen LogP contribution is -2.52. The second kappa shape index (κ2) is 20.2. The van der Waals surface area contributed by atoms with Gasteiger partial charge in [-0.15, -0.1) is 0 Å². The van der Waals surface area contributed by atoms with Crippen LogP contribution < -0.4 is 10.6 Å². The second-order valence-corrected chi connectivity index (χ2v) is 19.4. The van der Waals surface area contributed by atoms with Crippen LogP contribution in [0.1, 0.15) is 63.0 Å². The van der Waals surface area contributed by atoms with E-state index in [1.807, 2.05) is 159 Å². The van der Waals surface area contributed by atoms with Crippen molar-refractivity contribution in [3.63, 3.8) is 0 Å². The molecular formula is C65H58N2O4. The van der Waals surface area contributed by atoms with E-state index in [1.165, 1.54) is 0 Å². The van der Waals surface area contributed by atoms with E-state index in [0.29, 0.717) is 0 Å². The summed E-state index contributed by atoms with van der Waals surface area (Å²) in [5.41, 5.74) is 3.86. The summed E-state index contributed by atoms with van der Waals surface area (Å²) in [6.45, 7) is 3.97. The Hall–Kier alpha value is -7.90. The van der Waals surface area contributed by atoms with Crippen LogP contribution in [0.2, 0.25) is 0 Å². The summed E-state index contributed by atoms with van der Waals surface area (Å²) in [6.07, 6.45) is 0.255. The normalized spacial score (nSPS) is 12.8. The third-order valence-electron chi connectivity index (χ3n) is 14.5. The van der Waals surface area contributed by atoms with Crippen molar-refractivity contribution in [1.29, 1.82) is 0 Å². The van der Waals surface area contributed by atoms with E-state index in [0.717, 1.165) is 87.6 Å². The van der Waals surface area contributed by atoms with Crippen LogP contribution in [0.15, 0.2) is 218 Å². The van der Waals surface area contributed by atoms with Crippen molar-refractivity contribution >= 4 is 54.9 Å². The number of aryl methyl sites for hydroxylation is 2. The van der Waals surface area contributed by atoms with Crippen molar-refractivity contribution in [2.45, 2.75) is 69.2 Å². The third kappa shape index (κ3) is 9.96. The maximum atomic E-state index is 14.9. The summed E-state index contributed by atoms with van der Waals surface area (Å²) in [7, 11) is 0. The number of carbonyl (C=O) groups excluding carboxylic acids is 2. The molecule has 0 heterocycles. The molecule has 0 aliphatic rings. The zero-order chi connectivity index (χ0) is 49.0. The zero-order valence-corrected chi connectivity index (χ0v) is 40.2. The molecule has 4 N–H and O–H groups in total. The van der Waals surface area contributed by atoms with E-state index in [-0.39, 0.29) is 25.7 Å². The molecule has 10 rings (SSSR count). The van der Waals surface area contributed by atoms with Gasteiger partial charge in [0.2, 0.25) is 11.8 Å². The molecule has 0 aliphatic carbocycles. The van der Waals surface area contributed by atoms with Gasteiger partial charge in [-0.25, -0.2) is 0 Å². The van der Waals surface area contributed by atoms with E-state index < -0.39 is 41.5 Å². The molecule has 10 aromatic carbocycles. The third-order valence-corrected chi connectivity index (χ3v) is 14.5. The molecule has 0 aromatic heterocycles. The monoisotopic (exact) mass is 930 g/mol. The first-order valence-electron chi connectivity index (χ1n) is 24.6. The molecule has 0 saturated heterocycles. The van der Waals surface area contributed by atoms with Crippen molar-refractivity contribution < 1.29 is 19.8 Å². The Morgan fingerprint density at radius 3 is 0.915 bits per heavy atom. The van der Waals surface area contributed by atoms with Crippen LogP contribution in [0.25, 0.3) is 43.1 Å². The van der Waals surface area contributed by atoms with Crippen LogP contribution >= 0.6 is 0 Å². The smallest absolute Gasteiger partial charge is 0.230 e. The lowest BCUT2D eigenvalue weighted by molar-refractivity contribution is -0.133. The maximum Gasteiger partial charge on any atom is 0.230 e. The summed E-state index contributed by atoms with van der Waals surface area (Å²) in [5, 5.41) is 42.1. The number of amides is 2. The molecule has 0 fully saturated rings. The molecule has 2 amide bonds. The van der Waals surface area contributed by atoms with Gasteiger partial charge in [-0.1, -0.05) is 218 Å². The Morgan fingerprint density at radius 1 is 0.366 bits per heavy atom. The molecule has 6 heteroatoms. The van der Waals surface area contributed by atoms with Crippen molar-refractivity contribution in [2.24, 2.45) is 0 Å². The molecule has 0 bridgehead atoms. The number of hydrogen-bond donors (Lipinski definition) is 4. The van der Waals surface area contributed by atoms with E-state index >= 15 is 0 Å². The van der Waals surface area contributed by atoms with Gasteiger partial charge in [-0.05, 0) is 101 Å². The molecule has 0 spiro atoms. The minimum absolute atomic E-state index is 0.202. The SMILES string of the molecule is Cc1ccccc1[C@@H](NC(=O)CC(=O)N[C@H](c1ccccc1C)C(O)(Cc1cccc2ccccc12)Cc1cccc2ccccc12)C(O)(Cc1cccc2ccccc12)Cc1cccc2ccccc12. The molecule has 6 nitrogen and oxygen atoms in total. The minimum atomic E-state index is -1.59. The maximum absolute atomic E-state index is 14.9. The van der Waals surface area contributed by atoms with Gasteiger partial charge in [-0.2, -0.15) is 0 Å². The number of benzene rings is 10. The number of aliphatic hydroxyl groups is 2. The average Bonchev–Trinajstić information content (AvgIpc) is 3.38. The standard InChI is InChI=1S/C65H58N2O4/c1-44-19-3-9-33-54(44)62(64(70,40-50-29-15-25-46-21-5-11-35-56(46)50)41-51-30-16-26-47-22-6-12-36-57(47)51)66-60(68)39-61(69)67-63(55-34-10-4-20-45(55)2)65(71,42-52-31-17-27-48-23-7-13-37-58(48)52)43-53-32-18-28-49-24-8-14-38-59(49)53/h3-38,62-63,70-71H,39-43H2,1-2H3,(H,66,68)(H,67,69)/t62-,63-/m1/s1. The number of carbonyl (C=O) groups is 2. The van der Waals surface area contributed by atoms with E-state index in [4.69, 9.17) is 0 Å². The topological polar surface area (TPSA) is 98.7 Å². The van der Waals surface area contributed by atoms with Crippen LogP contribution in [0.3, 0.4) is 0 Å². The summed E-state index contributed by atoms with van der Waals surface area (Å²) >= 11 is 0. The predicted octanol–water partition coefficient (Wildman–Crippen LogP) is 12.8. The summed E-state index contributed by atoms with van der Waals surface area (Å²) in [6, 6.07) is 70.8. The predicted molar refractivity (Wildman–Crippen MR) is 289 cm³/mol. The fraction of sp³-hybridized carbons (Fsp3) is 0.169. The van der Waals surface area contributed by atoms with Gasteiger partial charge in [-0.3, -0.25) is 9.59 Å². The van der Waals surface area contributed by atoms with Crippen LogP contribution in [0.4, 0.5) is 0 Å². The summed E-state index contributed by atoms with van der Waals surface area (Å²) in [5.74, 6) is -1.11. The van der Waals surface area contributed by atoms with Crippen molar-refractivity contribution in [3.05, 3.63) is 263 Å². The summed E-state index contributed by atoms with van der Waals surface area (Å²) < 4.78 is 0.